The van der Waals surface area contributed by atoms with Crippen LogP contribution in [0.25, 0.3) is 20.5 Å². The molecule has 7 heteroatoms. The highest BCUT2D eigenvalue weighted by Gasteiger charge is 2.35. The van der Waals surface area contributed by atoms with Gasteiger partial charge in [-0.05, 0) is 90.6 Å². The minimum atomic E-state index is -0.265. The molecule has 4 aromatic carbocycles. The van der Waals surface area contributed by atoms with Gasteiger partial charge in [0.05, 0.1) is 4.88 Å². The van der Waals surface area contributed by atoms with Gasteiger partial charge in [-0.3, -0.25) is 4.90 Å². The molecular formula is C35H33FN2O3S. The summed E-state index contributed by atoms with van der Waals surface area (Å²) < 4.78 is 33.4. The average Bonchev–Trinajstić information content (AvgIpc) is 3.72. The molecule has 7 rings (SSSR count). The summed E-state index contributed by atoms with van der Waals surface area (Å²) >= 11 is 1.61. The third-order valence-electron chi connectivity index (χ3n) is 8.16. The summed E-state index contributed by atoms with van der Waals surface area (Å²) in [6.07, 6.45) is 0. The maximum absolute atomic E-state index is 13.7. The van der Waals surface area contributed by atoms with Gasteiger partial charge in [-0.15, -0.1) is 11.3 Å². The van der Waals surface area contributed by atoms with E-state index in [1.807, 2.05) is 72.8 Å². The lowest BCUT2D eigenvalue weighted by Gasteiger charge is -2.17. The predicted molar refractivity (Wildman–Crippen MR) is 166 cm³/mol. The lowest BCUT2D eigenvalue weighted by Crippen LogP contribution is -2.29. The topological polar surface area (TPSA) is 43.0 Å². The Morgan fingerprint density at radius 2 is 1.50 bits per heavy atom. The van der Waals surface area contributed by atoms with E-state index in [-0.39, 0.29) is 5.82 Å². The van der Waals surface area contributed by atoms with E-state index in [2.05, 4.69) is 10.2 Å². The molecule has 214 valence electrons. The van der Waals surface area contributed by atoms with Gasteiger partial charge in [0, 0.05) is 29.7 Å². The van der Waals surface area contributed by atoms with Crippen LogP contribution in [0, 0.1) is 17.7 Å². The number of hydrogen-bond acceptors (Lipinski definition) is 6. The van der Waals surface area contributed by atoms with E-state index < -0.39 is 0 Å². The molecular weight excluding hydrogens is 547 g/mol. The molecule has 0 spiro atoms. The monoisotopic (exact) mass is 580 g/mol. The first-order valence-corrected chi connectivity index (χ1v) is 15.3. The molecule has 2 unspecified atom stereocenters. The van der Waals surface area contributed by atoms with E-state index in [9.17, 15) is 4.39 Å². The summed E-state index contributed by atoms with van der Waals surface area (Å²) in [5.41, 5.74) is 2.02. The molecule has 42 heavy (non-hydrogen) atoms. The summed E-state index contributed by atoms with van der Waals surface area (Å²) in [7, 11) is 0. The molecule has 2 fully saturated rings. The van der Waals surface area contributed by atoms with E-state index in [1.54, 1.807) is 23.5 Å². The fourth-order valence-corrected chi connectivity index (χ4v) is 7.09. The first-order valence-electron chi connectivity index (χ1n) is 14.5. The number of benzene rings is 4. The van der Waals surface area contributed by atoms with Crippen molar-refractivity contribution in [3.63, 3.8) is 0 Å². The molecule has 0 saturated carbocycles. The molecule has 2 saturated heterocycles. The molecule has 2 aliphatic rings. The first kappa shape index (κ1) is 27.0. The van der Waals surface area contributed by atoms with E-state index in [4.69, 9.17) is 14.2 Å². The fraction of sp³-hybridized carbons (Fsp3) is 0.257. The van der Waals surface area contributed by atoms with Crippen molar-refractivity contribution in [2.24, 2.45) is 11.8 Å². The maximum atomic E-state index is 13.7. The minimum absolute atomic E-state index is 0.265. The van der Waals surface area contributed by atoms with Crippen molar-refractivity contribution < 1.29 is 18.6 Å². The second-order valence-corrected chi connectivity index (χ2v) is 12.1. The number of likely N-dealkylation sites (tertiary alicyclic amines) is 1. The van der Waals surface area contributed by atoms with E-state index in [0.29, 0.717) is 13.2 Å². The zero-order valence-electron chi connectivity index (χ0n) is 23.3. The quantitative estimate of drug-likeness (QED) is 0.184. The number of nitrogens with one attached hydrogen (secondary N) is 1. The van der Waals surface area contributed by atoms with Crippen molar-refractivity contribution >= 4 is 21.4 Å². The van der Waals surface area contributed by atoms with E-state index in [0.717, 1.165) is 80.6 Å². The van der Waals surface area contributed by atoms with Crippen LogP contribution in [0.3, 0.4) is 0 Å². The van der Waals surface area contributed by atoms with Crippen LogP contribution in [-0.2, 0) is 6.61 Å². The summed E-state index contributed by atoms with van der Waals surface area (Å²) in [5.74, 6) is 4.41. The Bertz CT molecular complexity index is 1630. The van der Waals surface area contributed by atoms with Crippen LogP contribution in [0.2, 0.25) is 0 Å². The van der Waals surface area contributed by atoms with Crippen LogP contribution in [0.5, 0.6) is 23.0 Å². The molecule has 3 heterocycles. The molecule has 0 aliphatic carbocycles. The molecule has 2 atom stereocenters. The molecule has 1 aromatic heterocycles. The highest BCUT2D eigenvalue weighted by Crippen LogP contribution is 2.47. The molecule has 1 N–H and O–H groups in total. The molecule has 0 bridgehead atoms. The standard InChI is InChI=1S/C35H33FN2O3S/c36-28-8-6-25(7-9-28)35-34(32-15-14-31(18-33(32)42-35)40-23-24-4-2-1-3-5-24)41-30-12-10-29(11-13-30)39-17-16-38-21-26-19-37-20-27(26)22-38/h1-15,18,26-27,37H,16-17,19-23H2. The number of hydrogen-bond donors (Lipinski definition) is 1. The van der Waals surface area contributed by atoms with Crippen LogP contribution in [0.15, 0.2) is 97.1 Å². The summed E-state index contributed by atoms with van der Waals surface area (Å²) in [6.45, 7) is 6.75. The van der Waals surface area contributed by atoms with Crippen LogP contribution in [0.4, 0.5) is 4.39 Å². The van der Waals surface area contributed by atoms with Gasteiger partial charge in [0.15, 0.2) is 5.75 Å². The molecule has 0 amide bonds. The number of thiophene rings is 1. The maximum Gasteiger partial charge on any atom is 0.153 e. The zero-order chi connectivity index (χ0) is 28.3. The van der Waals surface area contributed by atoms with E-state index in [1.165, 1.54) is 25.2 Å². The lowest BCUT2D eigenvalue weighted by molar-refractivity contribution is 0.228. The number of halogens is 1. The third-order valence-corrected chi connectivity index (χ3v) is 9.34. The highest BCUT2D eigenvalue weighted by atomic mass is 32.1. The zero-order valence-corrected chi connectivity index (χ0v) is 24.1. The van der Waals surface area contributed by atoms with Gasteiger partial charge < -0.3 is 19.5 Å². The minimum Gasteiger partial charge on any atom is -0.492 e. The largest absolute Gasteiger partial charge is 0.492 e. The van der Waals surface area contributed by atoms with Gasteiger partial charge in [0.2, 0.25) is 0 Å². The van der Waals surface area contributed by atoms with Crippen molar-refractivity contribution in [3.05, 3.63) is 108 Å². The van der Waals surface area contributed by atoms with Crippen molar-refractivity contribution in [1.29, 1.82) is 0 Å². The van der Waals surface area contributed by atoms with Crippen LogP contribution < -0.4 is 19.5 Å². The molecule has 5 nitrogen and oxygen atoms in total. The van der Waals surface area contributed by atoms with Gasteiger partial charge in [-0.25, -0.2) is 4.39 Å². The Morgan fingerprint density at radius 1 is 0.786 bits per heavy atom. The average molecular weight is 581 g/mol. The number of ether oxygens (including phenoxy) is 3. The third kappa shape index (κ3) is 6.00. The Hall–Kier alpha value is -3.91. The summed E-state index contributed by atoms with van der Waals surface area (Å²) in [5, 5.41) is 4.48. The Balaban J connectivity index is 1.06. The number of nitrogens with zero attached hydrogens (tertiary/aromatic N) is 1. The van der Waals surface area contributed by atoms with Crippen molar-refractivity contribution in [1.82, 2.24) is 10.2 Å². The Morgan fingerprint density at radius 3 is 2.26 bits per heavy atom. The van der Waals surface area contributed by atoms with Crippen LogP contribution in [-0.4, -0.2) is 44.2 Å². The fourth-order valence-electron chi connectivity index (χ4n) is 5.93. The Kier molecular flexibility index (Phi) is 7.79. The molecule has 0 radical (unpaired) electrons. The first-order chi connectivity index (χ1) is 20.7. The summed E-state index contributed by atoms with van der Waals surface area (Å²) in [4.78, 5) is 3.46. The van der Waals surface area contributed by atoms with Crippen molar-refractivity contribution in [2.75, 3.05) is 39.3 Å². The SMILES string of the molecule is Fc1ccc(-c2sc3cc(OCc4ccccc4)ccc3c2Oc2ccc(OCCN3CC4CNCC4C3)cc2)cc1. The van der Waals surface area contributed by atoms with Crippen LogP contribution >= 0.6 is 11.3 Å². The smallest absolute Gasteiger partial charge is 0.153 e. The van der Waals surface area contributed by atoms with Gasteiger partial charge in [-0.2, -0.15) is 0 Å². The lowest BCUT2D eigenvalue weighted by atomic mass is 10.0. The second-order valence-electron chi connectivity index (χ2n) is 11.1. The van der Waals surface area contributed by atoms with Gasteiger partial charge in [0.1, 0.15) is 36.3 Å². The van der Waals surface area contributed by atoms with Gasteiger partial charge in [-0.1, -0.05) is 42.5 Å². The number of rotatable bonds is 10. The second kappa shape index (κ2) is 12.1. The van der Waals surface area contributed by atoms with Crippen molar-refractivity contribution in [3.8, 4) is 33.4 Å². The van der Waals surface area contributed by atoms with Gasteiger partial charge in [0.25, 0.3) is 0 Å². The molecule has 2 aliphatic heterocycles. The van der Waals surface area contributed by atoms with Crippen molar-refractivity contribution in [2.45, 2.75) is 6.61 Å². The van der Waals surface area contributed by atoms with Crippen LogP contribution in [0.1, 0.15) is 5.56 Å². The number of fused-ring (bicyclic) bond motifs is 2. The molecule has 5 aromatic rings. The normalized spacial score (nSPS) is 18.3. The summed E-state index contributed by atoms with van der Waals surface area (Å²) in [6, 6.07) is 30.5. The predicted octanol–water partition coefficient (Wildman–Crippen LogP) is 7.61. The van der Waals surface area contributed by atoms with Gasteiger partial charge >= 0.3 is 0 Å². The Labute approximate surface area is 249 Å². The highest BCUT2D eigenvalue weighted by molar-refractivity contribution is 7.22. The van der Waals surface area contributed by atoms with E-state index >= 15 is 0 Å².